The van der Waals surface area contributed by atoms with E-state index in [1.165, 1.54) is 135 Å². The second-order valence-corrected chi connectivity index (χ2v) is 13.8. The summed E-state index contributed by atoms with van der Waals surface area (Å²) in [6.07, 6.45) is 32.3. The quantitative estimate of drug-likeness (QED) is 0.0344. The van der Waals surface area contributed by atoms with Crippen molar-refractivity contribution in [3.63, 3.8) is 0 Å². The Morgan fingerprint density at radius 1 is 0.571 bits per heavy atom. The molecule has 0 saturated heterocycles. The lowest BCUT2D eigenvalue weighted by molar-refractivity contribution is -0.137. The number of rotatable bonds is 31. The molecule has 0 rings (SSSR count). The van der Waals surface area contributed by atoms with E-state index in [2.05, 4.69) is 25.3 Å². The molecule has 0 aliphatic rings. The molecule has 0 fully saturated rings. The van der Waals surface area contributed by atoms with Gasteiger partial charge in [-0.1, -0.05) is 175 Å². The van der Waals surface area contributed by atoms with Crippen molar-refractivity contribution < 1.29 is 33.9 Å². The Labute approximate surface area is 260 Å². The second-order valence-electron chi connectivity index (χ2n) is 12.7. The molecule has 0 saturated carbocycles. The SMILES string of the molecule is CC(C)CCCCCCCCCCCCCCC(=O)O.CCCCCCCCCCCCCCCC(O)OP(=O)(O)O. The Morgan fingerprint density at radius 3 is 1.19 bits per heavy atom. The minimum atomic E-state index is -4.56. The van der Waals surface area contributed by atoms with Crippen LogP contribution in [-0.2, 0) is 13.9 Å². The third-order valence-electron chi connectivity index (χ3n) is 7.74. The standard InChI is InChI=1S/C18H36O2.C16H35O5P/c1-17(2)15-13-11-9-7-5-3-4-6-8-10-12-14-16-18(19)20;1-2-3-4-5-6-7-8-9-10-11-12-13-14-15-16(17)21-22(18,19)20/h17H,3-16H2,1-2H3,(H,19,20);16-17H,2-15H2,1H3,(H2,18,19,20). The van der Waals surface area contributed by atoms with Crippen LogP contribution in [0.3, 0.4) is 0 Å². The molecule has 7 nitrogen and oxygen atoms in total. The lowest BCUT2D eigenvalue weighted by Gasteiger charge is -2.11. The minimum Gasteiger partial charge on any atom is -0.481 e. The molecular formula is C34H71O7P. The van der Waals surface area contributed by atoms with E-state index in [1.807, 2.05) is 0 Å². The molecule has 0 heterocycles. The van der Waals surface area contributed by atoms with Crippen LogP contribution in [0.15, 0.2) is 0 Å². The maximum absolute atomic E-state index is 10.5. The largest absolute Gasteiger partial charge is 0.481 e. The van der Waals surface area contributed by atoms with Gasteiger partial charge in [-0.3, -0.25) is 9.32 Å². The molecule has 0 aromatic heterocycles. The van der Waals surface area contributed by atoms with Crippen molar-refractivity contribution in [2.75, 3.05) is 0 Å². The lowest BCUT2D eigenvalue weighted by atomic mass is 10.0. The van der Waals surface area contributed by atoms with Crippen LogP contribution < -0.4 is 0 Å². The van der Waals surface area contributed by atoms with Crippen LogP contribution in [0, 0.1) is 5.92 Å². The fraction of sp³-hybridized carbons (Fsp3) is 0.971. The number of phosphoric ester groups is 1. The summed E-state index contributed by atoms with van der Waals surface area (Å²) in [6, 6.07) is 0. The molecule has 0 amide bonds. The summed E-state index contributed by atoms with van der Waals surface area (Å²) < 4.78 is 14.7. The predicted octanol–water partition coefficient (Wildman–Crippen LogP) is 11.1. The van der Waals surface area contributed by atoms with Crippen molar-refractivity contribution >= 4 is 13.8 Å². The first-order chi connectivity index (χ1) is 20.1. The molecule has 0 aliphatic heterocycles. The summed E-state index contributed by atoms with van der Waals surface area (Å²) in [7, 11) is -4.56. The number of hydrogen-bond acceptors (Lipinski definition) is 4. The first-order valence-electron chi connectivity index (χ1n) is 17.7. The fourth-order valence-corrected chi connectivity index (χ4v) is 5.57. The smallest absolute Gasteiger partial charge is 0.471 e. The summed E-state index contributed by atoms with van der Waals surface area (Å²) in [5, 5.41) is 17.8. The second kappa shape index (κ2) is 33.4. The predicted molar refractivity (Wildman–Crippen MR) is 177 cm³/mol. The monoisotopic (exact) mass is 622 g/mol. The van der Waals surface area contributed by atoms with Crippen molar-refractivity contribution in [1.82, 2.24) is 0 Å². The Kier molecular flexibility index (Phi) is 34.8. The van der Waals surface area contributed by atoms with Gasteiger partial charge >= 0.3 is 13.8 Å². The van der Waals surface area contributed by atoms with Crippen LogP contribution in [0.5, 0.6) is 0 Å². The highest BCUT2D eigenvalue weighted by molar-refractivity contribution is 7.46. The number of carboxylic acid groups (broad SMARTS) is 1. The van der Waals surface area contributed by atoms with Gasteiger partial charge in [-0.2, -0.15) is 0 Å². The maximum Gasteiger partial charge on any atom is 0.471 e. The van der Waals surface area contributed by atoms with E-state index in [0.29, 0.717) is 6.42 Å². The zero-order chi connectivity index (χ0) is 31.7. The van der Waals surface area contributed by atoms with Crippen molar-refractivity contribution in [1.29, 1.82) is 0 Å². The van der Waals surface area contributed by atoms with Gasteiger partial charge in [0.15, 0.2) is 6.29 Å². The van der Waals surface area contributed by atoms with Gasteiger partial charge in [0.25, 0.3) is 0 Å². The van der Waals surface area contributed by atoms with Crippen LogP contribution >= 0.6 is 7.82 Å². The highest BCUT2D eigenvalue weighted by atomic mass is 31.2. The van der Waals surface area contributed by atoms with Gasteiger partial charge in [-0.05, 0) is 25.2 Å². The molecule has 4 N–H and O–H groups in total. The number of hydrogen-bond donors (Lipinski definition) is 4. The zero-order valence-corrected chi connectivity index (χ0v) is 28.8. The molecule has 254 valence electrons. The first-order valence-corrected chi connectivity index (χ1v) is 19.2. The Bertz CT molecular complexity index is 594. The van der Waals surface area contributed by atoms with Gasteiger partial charge < -0.3 is 20.0 Å². The Hall–Kier alpha value is -0.460. The van der Waals surface area contributed by atoms with E-state index < -0.39 is 20.1 Å². The number of phosphoric acid groups is 1. The van der Waals surface area contributed by atoms with Gasteiger partial charge in [0.2, 0.25) is 0 Å². The van der Waals surface area contributed by atoms with Crippen molar-refractivity contribution in [3.8, 4) is 0 Å². The Morgan fingerprint density at radius 2 is 0.881 bits per heavy atom. The highest BCUT2D eigenvalue weighted by Crippen LogP contribution is 2.37. The van der Waals surface area contributed by atoms with Gasteiger partial charge in [-0.25, -0.2) is 4.57 Å². The lowest BCUT2D eigenvalue weighted by Crippen LogP contribution is -2.09. The molecule has 42 heavy (non-hydrogen) atoms. The highest BCUT2D eigenvalue weighted by Gasteiger charge is 2.19. The number of aliphatic carboxylic acids is 1. The molecule has 0 radical (unpaired) electrons. The van der Waals surface area contributed by atoms with Gasteiger partial charge in [-0.15, -0.1) is 0 Å². The molecular weight excluding hydrogens is 551 g/mol. The van der Waals surface area contributed by atoms with Crippen LogP contribution in [0.25, 0.3) is 0 Å². The fourth-order valence-electron chi connectivity index (χ4n) is 5.14. The molecule has 0 aromatic carbocycles. The number of unbranched alkanes of at least 4 members (excludes halogenated alkanes) is 23. The van der Waals surface area contributed by atoms with Crippen molar-refractivity contribution in [2.24, 2.45) is 5.92 Å². The third kappa shape index (κ3) is 44.0. The summed E-state index contributed by atoms with van der Waals surface area (Å²) >= 11 is 0. The molecule has 0 bridgehead atoms. The van der Waals surface area contributed by atoms with E-state index in [4.69, 9.17) is 14.9 Å². The van der Waals surface area contributed by atoms with Gasteiger partial charge in [0, 0.05) is 6.42 Å². The maximum atomic E-state index is 10.5. The third-order valence-corrected chi connectivity index (χ3v) is 8.25. The average Bonchev–Trinajstić information content (AvgIpc) is 2.90. The van der Waals surface area contributed by atoms with E-state index in [-0.39, 0.29) is 6.42 Å². The summed E-state index contributed by atoms with van der Waals surface area (Å²) in [4.78, 5) is 27.4. The summed E-state index contributed by atoms with van der Waals surface area (Å²) in [5.41, 5.74) is 0. The summed E-state index contributed by atoms with van der Waals surface area (Å²) in [5.74, 6) is 0.212. The van der Waals surface area contributed by atoms with Crippen molar-refractivity contribution in [3.05, 3.63) is 0 Å². The first kappa shape index (κ1) is 43.7. The molecule has 8 heteroatoms. The molecule has 1 atom stereocenters. The van der Waals surface area contributed by atoms with Gasteiger partial charge in [0.1, 0.15) is 0 Å². The van der Waals surface area contributed by atoms with E-state index in [1.54, 1.807) is 0 Å². The van der Waals surface area contributed by atoms with Crippen LogP contribution in [-0.4, -0.2) is 32.3 Å². The molecule has 0 aromatic rings. The Balaban J connectivity index is 0. The average molecular weight is 623 g/mol. The zero-order valence-electron chi connectivity index (χ0n) is 27.9. The summed E-state index contributed by atoms with van der Waals surface area (Å²) in [6.45, 7) is 6.86. The number of carboxylic acids is 1. The van der Waals surface area contributed by atoms with E-state index >= 15 is 0 Å². The number of aliphatic hydroxyl groups is 1. The molecule has 1 unspecified atom stereocenters. The van der Waals surface area contributed by atoms with Crippen molar-refractivity contribution in [2.45, 2.75) is 207 Å². The molecule has 0 spiro atoms. The minimum absolute atomic E-state index is 0.281. The molecule has 0 aliphatic carbocycles. The number of carbonyl (C=O) groups is 1. The van der Waals surface area contributed by atoms with Crippen LogP contribution in [0.1, 0.15) is 201 Å². The topological polar surface area (TPSA) is 124 Å². The van der Waals surface area contributed by atoms with Crippen LogP contribution in [0.2, 0.25) is 0 Å². The van der Waals surface area contributed by atoms with E-state index in [0.717, 1.165) is 38.0 Å². The number of aliphatic hydroxyl groups excluding tert-OH is 1. The van der Waals surface area contributed by atoms with E-state index in [9.17, 15) is 14.5 Å². The normalized spacial score (nSPS) is 12.4. The van der Waals surface area contributed by atoms with Gasteiger partial charge in [0.05, 0.1) is 0 Å². The van der Waals surface area contributed by atoms with Crippen LogP contribution in [0.4, 0.5) is 0 Å².